The zero-order valence-corrected chi connectivity index (χ0v) is 23.5. The van der Waals surface area contributed by atoms with E-state index in [1.807, 2.05) is 112 Å². The molecule has 0 aliphatic rings. The molecule has 0 aliphatic heterocycles. The first-order chi connectivity index (χ1) is 18.4. The van der Waals surface area contributed by atoms with E-state index >= 15 is 0 Å². The Kier molecular flexibility index (Phi) is 7.78. The lowest BCUT2D eigenvalue weighted by atomic mass is 10.1. The smallest absolute Gasteiger partial charge is 0.376 e. The fourth-order valence-electron chi connectivity index (χ4n) is 4.99. The molecular weight excluding hydrogens is 537 g/mol. The van der Waals surface area contributed by atoms with Crippen LogP contribution < -0.4 is 19.7 Å². The highest BCUT2D eigenvalue weighted by atomic mass is 32.2. The van der Waals surface area contributed by atoms with Gasteiger partial charge in [0.1, 0.15) is 5.75 Å². The van der Waals surface area contributed by atoms with Gasteiger partial charge >= 0.3 is 15.6 Å². The van der Waals surface area contributed by atoms with Crippen LogP contribution in [0, 0.1) is 11.8 Å². The molecule has 0 aromatic heterocycles. The molecule has 0 heterocycles. The van der Waals surface area contributed by atoms with E-state index in [4.69, 9.17) is 4.18 Å². The standard InChI is InChI=1S/C31H27F3O3SSi/c1-30(2,3)39(26-17-9-5-10-18-26,27-19-11-6-12-20-27)29-25(23-22-24-14-7-4-8-15-24)16-13-21-28(29)37-38(35,36)31(32,33)34/h4-21H,1-3H3. The fraction of sp³-hybridized carbons (Fsp3) is 0.161. The van der Waals surface area contributed by atoms with E-state index in [-0.39, 0.29) is 5.75 Å². The van der Waals surface area contributed by atoms with Gasteiger partial charge in [-0.1, -0.05) is 118 Å². The molecule has 0 bridgehead atoms. The summed E-state index contributed by atoms with van der Waals surface area (Å²) in [5, 5.41) is 1.56. The molecule has 39 heavy (non-hydrogen) atoms. The molecule has 4 rings (SSSR count). The molecule has 0 atom stereocenters. The van der Waals surface area contributed by atoms with Crippen molar-refractivity contribution in [3.63, 3.8) is 0 Å². The first-order valence-corrected chi connectivity index (χ1v) is 15.6. The van der Waals surface area contributed by atoms with Crippen molar-refractivity contribution in [1.29, 1.82) is 0 Å². The quantitative estimate of drug-likeness (QED) is 0.104. The second-order valence-electron chi connectivity index (χ2n) is 10.0. The Morgan fingerprint density at radius 3 is 1.62 bits per heavy atom. The maximum absolute atomic E-state index is 13.6. The number of hydrogen-bond donors (Lipinski definition) is 0. The topological polar surface area (TPSA) is 43.4 Å². The van der Waals surface area contributed by atoms with E-state index in [9.17, 15) is 21.6 Å². The van der Waals surface area contributed by atoms with E-state index in [1.54, 1.807) is 6.07 Å². The van der Waals surface area contributed by atoms with Crippen molar-refractivity contribution in [3.8, 4) is 17.6 Å². The molecule has 0 unspecified atom stereocenters. The van der Waals surface area contributed by atoms with Gasteiger partial charge in [-0.25, -0.2) is 0 Å². The van der Waals surface area contributed by atoms with Gasteiger partial charge in [0.15, 0.2) is 8.07 Å². The molecule has 0 saturated carbocycles. The van der Waals surface area contributed by atoms with Gasteiger partial charge in [-0.3, -0.25) is 0 Å². The average molecular weight is 565 g/mol. The molecular formula is C31H27F3O3SSi. The van der Waals surface area contributed by atoms with Crippen LogP contribution >= 0.6 is 0 Å². The first-order valence-electron chi connectivity index (χ1n) is 12.2. The Bertz CT molecular complexity index is 1560. The van der Waals surface area contributed by atoms with E-state index in [2.05, 4.69) is 11.8 Å². The van der Waals surface area contributed by atoms with Gasteiger partial charge in [-0.15, -0.1) is 0 Å². The lowest BCUT2D eigenvalue weighted by Gasteiger charge is -2.45. The number of rotatable bonds is 5. The van der Waals surface area contributed by atoms with Gasteiger partial charge in [0, 0.05) is 16.3 Å². The molecule has 8 heteroatoms. The van der Waals surface area contributed by atoms with Crippen LogP contribution in [0.3, 0.4) is 0 Å². The summed E-state index contributed by atoms with van der Waals surface area (Å²) in [6.07, 6.45) is 0. The Morgan fingerprint density at radius 1 is 0.667 bits per heavy atom. The molecule has 0 N–H and O–H groups in total. The molecule has 0 aliphatic carbocycles. The Hall–Kier alpha value is -3.80. The summed E-state index contributed by atoms with van der Waals surface area (Å²) >= 11 is 0. The van der Waals surface area contributed by atoms with Gasteiger partial charge in [-0.05, 0) is 39.7 Å². The summed E-state index contributed by atoms with van der Waals surface area (Å²) < 4.78 is 70.3. The maximum Gasteiger partial charge on any atom is 0.534 e. The van der Waals surface area contributed by atoms with E-state index in [0.29, 0.717) is 16.3 Å². The summed E-state index contributed by atoms with van der Waals surface area (Å²) in [4.78, 5) is 0. The van der Waals surface area contributed by atoms with Crippen LogP contribution in [0.5, 0.6) is 5.75 Å². The summed E-state index contributed by atoms with van der Waals surface area (Å²) in [5.41, 5.74) is -4.48. The monoisotopic (exact) mass is 564 g/mol. The molecule has 0 radical (unpaired) electrons. The summed E-state index contributed by atoms with van der Waals surface area (Å²) in [7, 11) is -9.32. The third kappa shape index (κ3) is 5.51. The molecule has 0 fully saturated rings. The Morgan fingerprint density at radius 2 is 1.15 bits per heavy atom. The minimum absolute atomic E-state index is 0.367. The van der Waals surface area contributed by atoms with Gasteiger partial charge in [-0.2, -0.15) is 21.6 Å². The molecule has 4 aromatic rings. The molecule has 3 nitrogen and oxygen atoms in total. The van der Waals surface area contributed by atoms with Gasteiger partial charge in [0.2, 0.25) is 0 Å². The van der Waals surface area contributed by atoms with Crippen LogP contribution in [0.4, 0.5) is 13.2 Å². The highest BCUT2D eigenvalue weighted by Gasteiger charge is 2.54. The number of benzene rings is 4. The first kappa shape index (κ1) is 28.2. The zero-order valence-electron chi connectivity index (χ0n) is 21.7. The van der Waals surface area contributed by atoms with Crippen LogP contribution in [0.15, 0.2) is 109 Å². The van der Waals surface area contributed by atoms with Crippen molar-refractivity contribution in [2.45, 2.75) is 31.3 Å². The molecule has 200 valence electrons. The summed E-state index contributed by atoms with van der Waals surface area (Å²) in [5.74, 6) is 5.86. The average Bonchev–Trinajstić information content (AvgIpc) is 2.89. The van der Waals surface area contributed by atoms with Crippen molar-refractivity contribution in [2.75, 3.05) is 0 Å². The number of alkyl halides is 3. The van der Waals surface area contributed by atoms with Crippen molar-refractivity contribution in [1.82, 2.24) is 0 Å². The van der Waals surface area contributed by atoms with Crippen LogP contribution in [-0.2, 0) is 10.1 Å². The van der Waals surface area contributed by atoms with Crippen molar-refractivity contribution in [3.05, 3.63) is 120 Å². The van der Waals surface area contributed by atoms with Crippen LogP contribution in [0.1, 0.15) is 31.9 Å². The second kappa shape index (κ2) is 10.8. The number of hydrogen-bond acceptors (Lipinski definition) is 3. The maximum atomic E-state index is 13.6. The fourth-order valence-corrected chi connectivity index (χ4v) is 11.4. The second-order valence-corrected chi connectivity index (χ2v) is 16.2. The normalized spacial score (nSPS) is 12.4. The lowest BCUT2D eigenvalue weighted by Crippen LogP contribution is -2.73. The van der Waals surface area contributed by atoms with E-state index < -0.39 is 28.7 Å². The zero-order chi connectivity index (χ0) is 28.3. The van der Waals surface area contributed by atoms with Crippen LogP contribution in [0.2, 0.25) is 5.04 Å². The highest BCUT2D eigenvalue weighted by Crippen LogP contribution is 2.39. The van der Waals surface area contributed by atoms with Crippen molar-refractivity contribution in [2.24, 2.45) is 0 Å². The molecule has 4 aromatic carbocycles. The van der Waals surface area contributed by atoms with Gasteiger partial charge in [0.25, 0.3) is 0 Å². The summed E-state index contributed by atoms with van der Waals surface area (Å²) in [6.45, 7) is 6.05. The van der Waals surface area contributed by atoms with Gasteiger partial charge in [0.05, 0.1) is 0 Å². The van der Waals surface area contributed by atoms with Crippen LogP contribution in [-0.4, -0.2) is 22.0 Å². The predicted molar refractivity (Wildman–Crippen MR) is 152 cm³/mol. The third-order valence-corrected chi connectivity index (χ3v) is 13.4. The number of halogens is 3. The van der Waals surface area contributed by atoms with E-state index in [1.165, 1.54) is 12.1 Å². The highest BCUT2D eigenvalue weighted by molar-refractivity contribution is 7.88. The minimum Gasteiger partial charge on any atom is -0.376 e. The van der Waals surface area contributed by atoms with E-state index in [0.717, 1.165) is 10.4 Å². The molecule has 0 saturated heterocycles. The van der Waals surface area contributed by atoms with Crippen molar-refractivity contribution < 1.29 is 25.8 Å². The van der Waals surface area contributed by atoms with Crippen molar-refractivity contribution >= 4 is 33.8 Å². The lowest BCUT2D eigenvalue weighted by molar-refractivity contribution is -0.0499. The molecule has 0 spiro atoms. The third-order valence-electron chi connectivity index (χ3n) is 6.54. The van der Waals surface area contributed by atoms with Gasteiger partial charge < -0.3 is 4.18 Å². The SMILES string of the molecule is CC(C)(C)[Si](c1ccccc1)(c1ccccc1)c1c(C#Cc2ccccc2)cccc1OS(=O)(=O)C(F)(F)F. The predicted octanol–water partition coefficient (Wildman–Crippen LogP) is 5.59. The Labute approximate surface area is 228 Å². The molecule has 0 amide bonds. The summed E-state index contributed by atoms with van der Waals surface area (Å²) in [6, 6.07) is 32.6. The largest absolute Gasteiger partial charge is 0.534 e. The minimum atomic E-state index is -5.95. The van der Waals surface area contributed by atoms with Crippen LogP contribution in [0.25, 0.3) is 0 Å². The Balaban J connectivity index is 2.18.